The number of halogens is 1. The summed E-state index contributed by atoms with van der Waals surface area (Å²) in [4.78, 5) is 0. The zero-order chi connectivity index (χ0) is 6.85. The van der Waals surface area contributed by atoms with Crippen LogP contribution in [0, 0.1) is 0 Å². The summed E-state index contributed by atoms with van der Waals surface area (Å²) in [6.07, 6.45) is 1.37. The van der Waals surface area contributed by atoms with Crippen LogP contribution in [0.25, 0.3) is 0 Å². The molecule has 48 valence electrons. The van der Waals surface area contributed by atoms with Crippen molar-refractivity contribution in [2.45, 2.75) is 0 Å². The van der Waals surface area contributed by atoms with E-state index in [1.807, 2.05) is 0 Å². The third-order valence-corrected chi connectivity index (χ3v) is 1.53. The molecule has 0 aliphatic rings. The smallest absolute Gasteiger partial charge is 0.472 e. The van der Waals surface area contributed by atoms with Crippen molar-refractivity contribution in [1.82, 2.24) is 0 Å². The predicted molar refractivity (Wildman–Crippen MR) is 36.2 cm³/mol. The maximum atomic E-state index is 8.53. The van der Waals surface area contributed by atoms with Gasteiger partial charge in [-0.25, -0.2) is 0 Å². The standard InChI is InChI=1S/C4H4BBrO3/c6-3-1-2-9-4(3)5(7)8/h1-2,7-8H. The Morgan fingerprint density at radius 3 is 2.44 bits per heavy atom. The largest absolute Gasteiger partial charge is 0.527 e. The second-order valence-electron chi connectivity index (χ2n) is 1.51. The molecule has 2 N–H and O–H groups in total. The molecule has 0 amide bonds. The summed E-state index contributed by atoms with van der Waals surface area (Å²) >= 11 is 3.05. The summed E-state index contributed by atoms with van der Waals surface area (Å²) in [6, 6.07) is 1.59. The van der Waals surface area contributed by atoms with E-state index in [4.69, 9.17) is 10.0 Å². The lowest BCUT2D eigenvalue weighted by Crippen LogP contribution is -2.29. The first kappa shape index (κ1) is 6.86. The molecule has 1 heterocycles. The van der Waals surface area contributed by atoms with Crippen molar-refractivity contribution in [2.24, 2.45) is 0 Å². The molecular weight excluding hydrogens is 187 g/mol. The average Bonchev–Trinajstić information content (AvgIpc) is 2.13. The van der Waals surface area contributed by atoms with Crippen LogP contribution in [0.5, 0.6) is 0 Å². The molecule has 1 aromatic heterocycles. The van der Waals surface area contributed by atoms with Crippen LogP contribution >= 0.6 is 15.9 Å². The molecule has 5 heteroatoms. The van der Waals surface area contributed by atoms with E-state index in [1.54, 1.807) is 6.07 Å². The van der Waals surface area contributed by atoms with Gasteiger partial charge in [-0.1, -0.05) is 0 Å². The van der Waals surface area contributed by atoms with Crippen LogP contribution in [0.3, 0.4) is 0 Å². The summed E-state index contributed by atoms with van der Waals surface area (Å²) in [5, 5.41) is 17.1. The molecule has 0 aromatic carbocycles. The molecule has 0 bridgehead atoms. The zero-order valence-electron chi connectivity index (χ0n) is 4.41. The van der Waals surface area contributed by atoms with Gasteiger partial charge >= 0.3 is 7.12 Å². The van der Waals surface area contributed by atoms with Gasteiger partial charge < -0.3 is 14.5 Å². The molecule has 0 fully saturated rings. The van der Waals surface area contributed by atoms with Crippen LogP contribution in [0.4, 0.5) is 0 Å². The van der Waals surface area contributed by atoms with Gasteiger partial charge in [0.1, 0.15) is 5.66 Å². The molecular formula is C4H4BBrO3. The molecule has 0 unspecified atom stereocenters. The summed E-state index contributed by atoms with van der Waals surface area (Å²) in [5.41, 5.74) is 0.134. The first-order valence-electron chi connectivity index (χ1n) is 2.31. The zero-order valence-corrected chi connectivity index (χ0v) is 6.00. The molecule has 1 rings (SSSR count). The summed E-state index contributed by atoms with van der Waals surface area (Å²) < 4.78 is 5.25. The molecule has 0 spiro atoms. The Balaban J connectivity index is 2.94. The fraction of sp³-hybridized carbons (Fsp3) is 0. The third kappa shape index (κ3) is 1.35. The Kier molecular flexibility index (Phi) is 1.95. The van der Waals surface area contributed by atoms with Gasteiger partial charge in [0, 0.05) is 0 Å². The minimum absolute atomic E-state index is 0.134. The van der Waals surface area contributed by atoms with Crippen LogP contribution < -0.4 is 5.66 Å². The Labute approximate surface area is 60.6 Å². The number of hydrogen-bond donors (Lipinski definition) is 2. The van der Waals surface area contributed by atoms with Gasteiger partial charge in [0.2, 0.25) is 0 Å². The lowest BCUT2D eigenvalue weighted by atomic mass is 9.88. The van der Waals surface area contributed by atoms with Crippen LogP contribution in [0.2, 0.25) is 0 Å². The maximum Gasteiger partial charge on any atom is 0.527 e. The van der Waals surface area contributed by atoms with Crippen molar-refractivity contribution in [2.75, 3.05) is 0 Å². The van der Waals surface area contributed by atoms with Gasteiger partial charge in [-0.3, -0.25) is 0 Å². The lowest BCUT2D eigenvalue weighted by molar-refractivity contribution is 0.409. The normalized spacial score (nSPS) is 9.67. The van der Waals surface area contributed by atoms with Crippen molar-refractivity contribution >= 4 is 28.7 Å². The van der Waals surface area contributed by atoms with E-state index in [-0.39, 0.29) is 5.66 Å². The lowest BCUT2D eigenvalue weighted by Gasteiger charge is -1.90. The van der Waals surface area contributed by atoms with E-state index in [2.05, 4.69) is 20.3 Å². The molecule has 1 aromatic rings. The van der Waals surface area contributed by atoms with Crippen molar-refractivity contribution in [3.63, 3.8) is 0 Å². The van der Waals surface area contributed by atoms with E-state index in [0.29, 0.717) is 4.47 Å². The van der Waals surface area contributed by atoms with E-state index >= 15 is 0 Å². The molecule has 0 radical (unpaired) electrons. The maximum absolute atomic E-state index is 8.53. The van der Waals surface area contributed by atoms with Gasteiger partial charge in [-0.15, -0.1) is 0 Å². The molecule has 3 nitrogen and oxygen atoms in total. The number of rotatable bonds is 1. The fourth-order valence-corrected chi connectivity index (χ4v) is 0.896. The second-order valence-corrected chi connectivity index (χ2v) is 2.36. The number of hydrogen-bond acceptors (Lipinski definition) is 3. The van der Waals surface area contributed by atoms with E-state index in [1.165, 1.54) is 6.26 Å². The number of furan rings is 1. The molecule has 0 aliphatic carbocycles. The molecule has 0 aliphatic heterocycles. The third-order valence-electron chi connectivity index (χ3n) is 0.879. The van der Waals surface area contributed by atoms with E-state index in [0.717, 1.165) is 0 Å². The van der Waals surface area contributed by atoms with Gasteiger partial charge in [0.05, 0.1) is 10.7 Å². The topological polar surface area (TPSA) is 53.6 Å². The van der Waals surface area contributed by atoms with Gasteiger partial charge in [0.25, 0.3) is 0 Å². The fourth-order valence-electron chi connectivity index (χ4n) is 0.490. The van der Waals surface area contributed by atoms with Crippen LogP contribution in [-0.4, -0.2) is 17.2 Å². The molecule has 9 heavy (non-hydrogen) atoms. The van der Waals surface area contributed by atoms with Crippen LogP contribution in [0.1, 0.15) is 0 Å². The van der Waals surface area contributed by atoms with Crippen LogP contribution in [0.15, 0.2) is 21.2 Å². The molecule has 0 saturated heterocycles. The molecule has 0 atom stereocenters. The van der Waals surface area contributed by atoms with E-state index in [9.17, 15) is 0 Å². The van der Waals surface area contributed by atoms with Crippen molar-refractivity contribution < 1.29 is 14.5 Å². The minimum Gasteiger partial charge on any atom is -0.472 e. The van der Waals surface area contributed by atoms with Crippen molar-refractivity contribution in [3.05, 3.63) is 16.8 Å². The summed E-state index contributed by atoms with van der Waals surface area (Å²) in [5.74, 6) is 0. The van der Waals surface area contributed by atoms with Crippen LogP contribution in [-0.2, 0) is 0 Å². The highest BCUT2D eigenvalue weighted by Crippen LogP contribution is 2.05. The average molecular weight is 191 g/mol. The first-order chi connectivity index (χ1) is 4.22. The van der Waals surface area contributed by atoms with E-state index < -0.39 is 7.12 Å². The van der Waals surface area contributed by atoms with Gasteiger partial charge in [-0.2, -0.15) is 0 Å². The van der Waals surface area contributed by atoms with Crippen molar-refractivity contribution in [3.8, 4) is 0 Å². The predicted octanol–water partition coefficient (Wildman–Crippen LogP) is -0.278. The molecule has 0 saturated carbocycles. The highest BCUT2D eigenvalue weighted by Gasteiger charge is 2.17. The first-order valence-corrected chi connectivity index (χ1v) is 3.10. The summed E-state index contributed by atoms with van der Waals surface area (Å²) in [7, 11) is -1.53. The highest BCUT2D eigenvalue weighted by atomic mass is 79.9. The Morgan fingerprint density at radius 1 is 1.56 bits per heavy atom. The van der Waals surface area contributed by atoms with Gasteiger partial charge in [0.15, 0.2) is 0 Å². The van der Waals surface area contributed by atoms with Gasteiger partial charge in [-0.05, 0) is 22.0 Å². The minimum atomic E-state index is -1.53. The quantitative estimate of drug-likeness (QED) is 0.600. The Morgan fingerprint density at radius 2 is 2.22 bits per heavy atom. The second kappa shape index (κ2) is 2.55. The monoisotopic (exact) mass is 190 g/mol. The highest BCUT2D eigenvalue weighted by molar-refractivity contribution is 9.10. The Hall–Kier alpha value is -0.255. The SMILES string of the molecule is OB(O)c1occc1Br. The Bertz CT molecular complexity index is 197. The summed E-state index contributed by atoms with van der Waals surface area (Å²) in [6.45, 7) is 0. The van der Waals surface area contributed by atoms with Crippen molar-refractivity contribution in [1.29, 1.82) is 0 Å².